The van der Waals surface area contributed by atoms with Crippen molar-refractivity contribution in [3.8, 4) is 0 Å². The normalized spacial score (nSPS) is 18.8. The molecule has 0 aromatic rings. The molecule has 0 heterocycles. The van der Waals surface area contributed by atoms with Gasteiger partial charge in [0.15, 0.2) is 9.84 Å². The summed E-state index contributed by atoms with van der Waals surface area (Å²) in [6.07, 6.45) is 1.80. The summed E-state index contributed by atoms with van der Waals surface area (Å²) in [5, 5.41) is 1.51. The van der Waals surface area contributed by atoms with Crippen molar-refractivity contribution in [2.75, 3.05) is 12.9 Å². The van der Waals surface area contributed by atoms with Gasteiger partial charge >= 0.3 is 5.97 Å². The van der Waals surface area contributed by atoms with Crippen LogP contribution in [0.4, 0.5) is 0 Å². The Kier molecular flexibility index (Phi) is 4.72. The Hall–Kier alpha value is -1.11. The van der Waals surface area contributed by atoms with E-state index in [1.807, 2.05) is 0 Å². The molecule has 0 saturated heterocycles. The van der Waals surface area contributed by atoms with Crippen molar-refractivity contribution < 1.29 is 22.7 Å². The number of amides is 1. The molecular weight excluding hydrogens is 258 g/mol. The van der Waals surface area contributed by atoms with Crippen molar-refractivity contribution in [2.24, 2.45) is 5.92 Å². The van der Waals surface area contributed by atoms with E-state index in [9.17, 15) is 18.0 Å². The molecule has 1 fully saturated rings. The van der Waals surface area contributed by atoms with Crippen molar-refractivity contribution >= 4 is 21.7 Å². The van der Waals surface area contributed by atoms with Crippen molar-refractivity contribution in [1.29, 1.82) is 0 Å². The van der Waals surface area contributed by atoms with Gasteiger partial charge in [0.25, 0.3) is 0 Å². The third-order valence-electron chi connectivity index (χ3n) is 2.92. The Morgan fingerprint density at radius 2 is 1.89 bits per heavy atom. The first-order chi connectivity index (χ1) is 8.27. The van der Waals surface area contributed by atoms with Crippen molar-refractivity contribution in [2.45, 2.75) is 38.0 Å². The zero-order valence-electron chi connectivity index (χ0n) is 10.8. The lowest BCUT2D eigenvalue weighted by Crippen LogP contribution is -2.41. The zero-order valence-corrected chi connectivity index (χ0v) is 11.6. The number of hydrogen-bond acceptors (Lipinski definition) is 5. The second kappa shape index (κ2) is 5.69. The molecule has 0 aromatic carbocycles. The highest BCUT2D eigenvalue weighted by atomic mass is 32.2. The molecule has 0 aromatic heterocycles. The third kappa shape index (κ3) is 3.97. The number of hydrogen-bond donors (Lipinski definition) is 1. The van der Waals surface area contributed by atoms with E-state index in [4.69, 9.17) is 0 Å². The van der Waals surface area contributed by atoms with Gasteiger partial charge in [-0.25, -0.2) is 8.42 Å². The Morgan fingerprint density at radius 3 is 2.33 bits per heavy atom. The molecule has 0 aliphatic heterocycles. The standard InChI is InChI=1S/C11H19NO5S/c1-7(11(14)17-3)6-18(15,16)8(2)10(13)12-9-4-5-9/h7-9H,4-6H2,1-3H3,(H,12,13). The molecule has 7 heteroatoms. The summed E-state index contributed by atoms with van der Waals surface area (Å²) in [6.45, 7) is 2.81. The summed E-state index contributed by atoms with van der Waals surface area (Å²) in [5.74, 6) is -2.22. The van der Waals surface area contributed by atoms with Gasteiger partial charge in [-0.15, -0.1) is 0 Å². The van der Waals surface area contributed by atoms with Crippen molar-refractivity contribution in [3.63, 3.8) is 0 Å². The molecule has 104 valence electrons. The maximum atomic E-state index is 11.9. The summed E-state index contributed by atoms with van der Waals surface area (Å²) in [6, 6.07) is 0.119. The van der Waals surface area contributed by atoms with E-state index < -0.39 is 32.9 Å². The van der Waals surface area contributed by atoms with E-state index in [0.717, 1.165) is 12.8 Å². The minimum atomic E-state index is -3.64. The fraction of sp³-hybridized carbons (Fsp3) is 0.818. The molecule has 1 aliphatic carbocycles. The fourth-order valence-corrected chi connectivity index (χ4v) is 2.99. The first-order valence-electron chi connectivity index (χ1n) is 5.87. The number of esters is 1. The highest BCUT2D eigenvalue weighted by molar-refractivity contribution is 7.92. The third-order valence-corrected chi connectivity index (χ3v) is 5.17. The Labute approximate surface area is 107 Å². The average molecular weight is 277 g/mol. The smallest absolute Gasteiger partial charge is 0.309 e. The lowest BCUT2D eigenvalue weighted by Gasteiger charge is -2.15. The van der Waals surface area contributed by atoms with Crippen LogP contribution in [-0.2, 0) is 24.2 Å². The van der Waals surface area contributed by atoms with Gasteiger partial charge in [0.05, 0.1) is 18.8 Å². The number of ether oxygens (including phenoxy) is 1. The Balaban J connectivity index is 2.60. The highest BCUT2D eigenvalue weighted by Crippen LogP contribution is 2.19. The minimum Gasteiger partial charge on any atom is -0.469 e. The highest BCUT2D eigenvalue weighted by Gasteiger charge is 2.34. The largest absolute Gasteiger partial charge is 0.469 e. The molecule has 1 N–H and O–H groups in total. The first kappa shape index (κ1) is 14.9. The number of nitrogens with one attached hydrogen (secondary N) is 1. The second-order valence-electron chi connectivity index (χ2n) is 4.68. The molecule has 1 saturated carbocycles. The van der Waals surface area contributed by atoms with Crippen LogP contribution in [-0.4, -0.2) is 44.4 Å². The monoisotopic (exact) mass is 277 g/mol. The molecular formula is C11H19NO5S. The van der Waals surface area contributed by atoms with Crippen LogP contribution in [0.25, 0.3) is 0 Å². The quantitative estimate of drug-likeness (QED) is 0.683. The fourth-order valence-electron chi connectivity index (χ4n) is 1.47. The SMILES string of the molecule is COC(=O)C(C)CS(=O)(=O)C(C)C(=O)NC1CC1. The molecule has 18 heavy (non-hydrogen) atoms. The zero-order chi connectivity index (χ0) is 13.9. The maximum Gasteiger partial charge on any atom is 0.309 e. The molecule has 1 aliphatic rings. The topological polar surface area (TPSA) is 89.5 Å². The van der Waals surface area contributed by atoms with Crippen LogP contribution in [0.3, 0.4) is 0 Å². The van der Waals surface area contributed by atoms with Gasteiger partial charge < -0.3 is 10.1 Å². The first-order valence-corrected chi connectivity index (χ1v) is 7.59. The predicted octanol–water partition coefficient (Wildman–Crippen LogP) is -0.123. The average Bonchev–Trinajstić information content (AvgIpc) is 3.09. The van der Waals surface area contributed by atoms with Crippen LogP contribution in [0, 0.1) is 5.92 Å². The van der Waals surface area contributed by atoms with Gasteiger partial charge in [-0.2, -0.15) is 0 Å². The molecule has 0 spiro atoms. The van der Waals surface area contributed by atoms with Crippen LogP contribution in [0.15, 0.2) is 0 Å². The number of sulfone groups is 1. The van der Waals surface area contributed by atoms with E-state index in [1.54, 1.807) is 0 Å². The molecule has 1 rings (SSSR count). The summed E-state index contributed by atoms with van der Waals surface area (Å²) < 4.78 is 28.3. The second-order valence-corrected chi connectivity index (χ2v) is 7.04. The van der Waals surface area contributed by atoms with Gasteiger partial charge in [0.1, 0.15) is 5.25 Å². The predicted molar refractivity (Wildman–Crippen MR) is 65.6 cm³/mol. The summed E-state index contributed by atoms with van der Waals surface area (Å²) in [5.41, 5.74) is 0. The van der Waals surface area contributed by atoms with Crippen LogP contribution in [0.2, 0.25) is 0 Å². The van der Waals surface area contributed by atoms with Gasteiger partial charge in [-0.3, -0.25) is 9.59 Å². The molecule has 2 unspecified atom stereocenters. The van der Waals surface area contributed by atoms with Gasteiger partial charge in [-0.1, -0.05) is 6.92 Å². The van der Waals surface area contributed by atoms with E-state index in [1.165, 1.54) is 21.0 Å². The van der Waals surface area contributed by atoms with Crippen LogP contribution >= 0.6 is 0 Å². The van der Waals surface area contributed by atoms with E-state index in [2.05, 4.69) is 10.1 Å². The van der Waals surface area contributed by atoms with E-state index >= 15 is 0 Å². The summed E-state index contributed by atoms with van der Waals surface area (Å²) in [4.78, 5) is 22.8. The molecule has 0 radical (unpaired) electrons. The van der Waals surface area contributed by atoms with Crippen molar-refractivity contribution in [3.05, 3.63) is 0 Å². The number of rotatable bonds is 6. The van der Waals surface area contributed by atoms with Crippen LogP contribution < -0.4 is 5.32 Å². The lowest BCUT2D eigenvalue weighted by atomic mass is 10.2. The molecule has 2 atom stereocenters. The van der Waals surface area contributed by atoms with Crippen LogP contribution in [0.1, 0.15) is 26.7 Å². The molecule has 0 bridgehead atoms. The number of carbonyl (C=O) groups excluding carboxylic acids is 2. The molecule has 1 amide bonds. The summed E-state index contributed by atoms with van der Waals surface area (Å²) >= 11 is 0. The minimum absolute atomic E-state index is 0.119. The Morgan fingerprint density at radius 1 is 1.33 bits per heavy atom. The van der Waals surface area contributed by atoms with Crippen molar-refractivity contribution in [1.82, 2.24) is 5.32 Å². The van der Waals surface area contributed by atoms with Gasteiger partial charge in [-0.05, 0) is 19.8 Å². The maximum absolute atomic E-state index is 11.9. The van der Waals surface area contributed by atoms with Crippen LogP contribution in [0.5, 0.6) is 0 Å². The number of methoxy groups -OCH3 is 1. The van der Waals surface area contributed by atoms with Gasteiger partial charge in [0.2, 0.25) is 5.91 Å². The summed E-state index contributed by atoms with van der Waals surface area (Å²) in [7, 11) is -2.44. The molecule has 6 nitrogen and oxygen atoms in total. The van der Waals surface area contributed by atoms with E-state index in [-0.39, 0.29) is 11.8 Å². The lowest BCUT2D eigenvalue weighted by molar-refractivity contribution is -0.144. The van der Waals surface area contributed by atoms with Gasteiger partial charge in [0, 0.05) is 6.04 Å². The number of carbonyl (C=O) groups is 2. The van der Waals surface area contributed by atoms with E-state index in [0.29, 0.717) is 0 Å². The Bertz CT molecular complexity index is 427.